The fourth-order valence-electron chi connectivity index (χ4n) is 1.56. The number of hydrazone groups is 1. The molecule has 2 aromatic rings. The van der Waals surface area contributed by atoms with E-state index >= 15 is 0 Å². The smallest absolute Gasteiger partial charge is 0.267 e. The molecule has 0 aliphatic carbocycles. The molecule has 0 saturated heterocycles. The largest absolute Gasteiger partial charge is 0.271 e. The van der Waals surface area contributed by atoms with Crippen LogP contribution in [0.25, 0.3) is 0 Å². The van der Waals surface area contributed by atoms with Gasteiger partial charge in [0.05, 0.1) is 21.2 Å². The van der Waals surface area contributed by atoms with E-state index in [1.165, 1.54) is 30.5 Å². The summed E-state index contributed by atoms with van der Waals surface area (Å²) in [6, 6.07) is 10.1. The van der Waals surface area contributed by atoms with Gasteiger partial charge in [0.15, 0.2) is 0 Å². The molecule has 0 heterocycles. The predicted molar refractivity (Wildman–Crippen MR) is 84.6 cm³/mol. The maximum Gasteiger partial charge on any atom is 0.271 e. The lowest BCUT2D eigenvalue weighted by Crippen LogP contribution is -2.17. The third kappa shape index (κ3) is 4.03. The van der Waals surface area contributed by atoms with Crippen LogP contribution in [0.4, 0.5) is 5.69 Å². The Morgan fingerprint density at radius 1 is 1.14 bits per heavy atom. The van der Waals surface area contributed by atoms with E-state index < -0.39 is 10.8 Å². The zero-order valence-electron chi connectivity index (χ0n) is 11.0. The van der Waals surface area contributed by atoms with Crippen LogP contribution < -0.4 is 5.43 Å². The molecule has 0 aliphatic heterocycles. The van der Waals surface area contributed by atoms with Crippen molar-refractivity contribution in [3.8, 4) is 0 Å². The van der Waals surface area contributed by atoms with Gasteiger partial charge in [0.2, 0.25) is 0 Å². The number of nitrogens with zero attached hydrogens (tertiary/aromatic N) is 2. The molecule has 8 heteroatoms. The zero-order valence-corrected chi connectivity index (χ0v) is 12.5. The topological polar surface area (TPSA) is 84.6 Å². The molecule has 0 bridgehead atoms. The second kappa shape index (κ2) is 7.02. The Bertz CT molecular complexity index is 745. The van der Waals surface area contributed by atoms with Gasteiger partial charge < -0.3 is 0 Å². The van der Waals surface area contributed by atoms with Crippen LogP contribution in [0.5, 0.6) is 0 Å². The molecular formula is C14H9Cl2N3O3. The first-order chi connectivity index (χ1) is 10.5. The maximum absolute atomic E-state index is 11.8. The fourth-order valence-corrected chi connectivity index (χ4v) is 1.86. The summed E-state index contributed by atoms with van der Waals surface area (Å²) in [4.78, 5) is 21.8. The quantitative estimate of drug-likeness (QED) is 0.524. The van der Waals surface area contributed by atoms with Gasteiger partial charge in [-0.3, -0.25) is 14.9 Å². The first-order valence-electron chi connectivity index (χ1n) is 6.00. The second-order valence-electron chi connectivity index (χ2n) is 4.18. The number of halogens is 2. The Kier molecular flexibility index (Phi) is 5.08. The highest BCUT2D eigenvalue weighted by Crippen LogP contribution is 2.21. The molecule has 112 valence electrons. The van der Waals surface area contributed by atoms with Gasteiger partial charge in [-0.05, 0) is 29.8 Å². The lowest BCUT2D eigenvalue weighted by atomic mass is 10.2. The number of nitro groups is 1. The van der Waals surface area contributed by atoms with E-state index in [0.29, 0.717) is 15.6 Å². The number of carbonyl (C=O) groups is 1. The highest BCUT2D eigenvalue weighted by molar-refractivity contribution is 6.42. The molecule has 0 aromatic heterocycles. The number of nitrogens with one attached hydrogen (secondary N) is 1. The monoisotopic (exact) mass is 337 g/mol. The van der Waals surface area contributed by atoms with Crippen molar-refractivity contribution in [2.75, 3.05) is 0 Å². The average molecular weight is 338 g/mol. The van der Waals surface area contributed by atoms with Crippen LogP contribution in [0.1, 0.15) is 15.9 Å². The molecule has 0 radical (unpaired) electrons. The number of hydrogen-bond donors (Lipinski definition) is 1. The van der Waals surface area contributed by atoms with Gasteiger partial charge in [-0.1, -0.05) is 29.3 Å². The maximum atomic E-state index is 11.8. The van der Waals surface area contributed by atoms with E-state index in [9.17, 15) is 14.9 Å². The van der Waals surface area contributed by atoms with Crippen molar-refractivity contribution in [2.24, 2.45) is 5.10 Å². The number of nitro benzene ring substituents is 1. The van der Waals surface area contributed by atoms with Crippen LogP contribution in [0, 0.1) is 10.1 Å². The van der Waals surface area contributed by atoms with Crippen molar-refractivity contribution in [1.29, 1.82) is 0 Å². The molecule has 1 amide bonds. The van der Waals surface area contributed by atoms with E-state index in [1.54, 1.807) is 18.2 Å². The summed E-state index contributed by atoms with van der Waals surface area (Å²) in [6.07, 6.45) is 1.41. The number of carbonyl (C=O) groups excluding carboxylic acids is 1. The van der Waals surface area contributed by atoms with Gasteiger partial charge in [0, 0.05) is 17.7 Å². The standard InChI is InChI=1S/C14H9Cl2N3O3/c15-12-6-1-9(7-13(12)16)8-17-18-14(20)10-2-4-11(5-3-10)19(21)22/h1-8H,(H,18,20)/b17-8-. The minimum atomic E-state index is -0.538. The van der Waals surface area contributed by atoms with Crippen molar-refractivity contribution in [3.05, 3.63) is 73.8 Å². The normalized spacial score (nSPS) is 10.6. The molecule has 0 spiro atoms. The van der Waals surface area contributed by atoms with Gasteiger partial charge in [-0.25, -0.2) is 5.43 Å². The summed E-state index contributed by atoms with van der Waals surface area (Å²) in [7, 11) is 0. The Hall–Kier alpha value is -2.44. The highest BCUT2D eigenvalue weighted by Gasteiger charge is 2.08. The van der Waals surface area contributed by atoms with Gasteiger partial charge in [0.1, 0.15) is 0 Å². The number of benzene rings is 2. The van der Waals surface area contributed by atoms with Crippen LogP contribution in [-0.4, -0.2) is 17.0 Å². The van der Waals surface area contributed by atoms with E-state index in [-0.39, 0.29) is 11.3 Å². The second-order valence-corrected chi connectivity index (χ2v) is 4.99. The average Bonchev–Trinajstić information content (AvgIpc) is 2.51. The molecule has 2 rings (SSSR count). The number of amides is 1. The third-order valence-corrected chi connectivity index (χ3v) is 3.40. The van der Waals surface area contributed by atoms with Crippen LogP contribution in [0.3, 0.4) is 0 Å². The molecule has 1 N–H and O–H groups in total. The van der Waals surface area contributed by atoms with Crippen LogP contribution in [0.2, 0.25) is 10.0 Å². The van der Waals surface area contributed by atoms with E-state index in [0.717, 1.165) is 0 Å². The first kappa shape index (κ1) is 15.9. The number of rotatable bonds is 4. The number of non-ortho nitro benzene ring substituents is 1. The van der Waals surface area contributed by atoms with Crippen molar-refractivity contribution < 1.29 is 9.72 Å². The van der Waals surface area contributed by atoms with Crippen LogP contribution in [0.15, 0.2) is 47.6 Å². The summed E-state index contributed by atoms with van der Waals surface area (Å²) < 4.78 is 0. The predicted octanol–water partition coefficient (Wildman–Crippen LogP) is 3.67. The summed E-state index contributed by atoms with van der Waals surface area (Å²) in [5, 5.41) is 15.1. The van der Waals surface area contributed by atoms with Gasteiger partial charge in [-0.15, -0.1) is 0 Å². The van der Waals surface area contributed by atoms with Crippen LogP contribution in [-0.2, 0) is 0 Å². The van der Waals surface area contributed by atoms with Crippen molar-refractivity contribution in [1.82, 2.24) is 5.43 Å². The lowest BCUT2D eigenvalue weighted by Gasteiger charge is -2.00. The molecule has 0 unspecified atom stereocenters. The van der Waals surface area contributed by atoms with E-state index in [1.807, 2.05) is 0 Å². The molecule has 2 aromatic carbocycles. The number of hydrogen-bond acceptors (Lipinski definition) is 4. The third-order valence-electron chi connectivity index (χ3n) is 2.66. The Labute approximate surface area is 135 Å². The van der Waals surface area contributed by atoms with Gasteiger partial charge >= 0.3 is 0 Å². The lowest BCUT2D eigenvalue weighted by molar-refractivity contribution is -0.384. The van der Waals surface area contributed by atoms with Gasteiger partial charge in [0.25, 0.3) is 11.6 Å². The van der Waals surface area contributed by atoms with Crippen molar-refractivity contribution in [3.63, 3.8) is 0 Å². The van der Waals surface area contributed by atoms with Gasteiger partial charge in [-0.2, -0.15) is 5.10 Å². The van der Waals surface area contributed by atoms with Crippen LogP contribution >= 0.6 is 23.2 Å². The molecule has 6 nitrogen and oxygen atoms in total. The van der Waals surface area contributed by atoms with E-state index in [4.69, 9.17) is 23.2 Å². The molecule has 22 heavy (non-hydrogen) atoms. The summed E-state index contributed by atoms with van der Waals surface area (Å²) >= 11 is 11.6. The zero-order chi connectivity index (χ0) is 16.1. The Morgan fingerprint density at radius 2 is 1.82 bits per heavy atom. The van der Waals surface area contributed by atoms with E-state index in [2.05, 4.69) is 10.5 Å². The van der Waals surface area contributed by atoms with Crippen molar-refractivity contribution >= 4 is 41.0 Å². The Morgan fingerprint density at radius 3 is 2.41 bits per heavy atom. The highest BCUT2D eigenvalue weighted by atomic mass is 35.5. The molecule has 0 aliphatic rings. The molecule has 0 fully saturated rings. The summed E-state index contributed by atoms with van der Waals surface area (Å²) in [5.74, 6) is -0.480. The molecule has 0 atom stereocenters. The summed E-state index contributed by atoms with van der Waals surface area (Å²) in [6.45, 7) is 0. The molecular weight excluding hydrogens is 329 g/mol. The Balaban J connectivity index is 2.01. The minimum Gasteiger partial charge on any atom is -0.267 e. The fraction of sp³-hybridized carbons (Fsp3) is 0. The van der Waals surface area contributed by atoms with Crippen molar-refractivity contribution in [2.45, 2.75) is 0 Å². The minimum absolute atomic E-state index is 0.0872. The summed E-state index contributed by atoms with van der Waals surface area (Å²) in [5.41, 5.74) is 3.15. The first-order valence-corrected chi connectivity index (χ1v) is 6.76. The molecule has 0 saturated carbocycles. The SMILES string of the molecule is O=C(N/N=C\c1ccc(Cl)c(Cl)c1)c1ccc([N+](=O)[O-])cc1.